The fraction of sp³-hybridized carbons (Fsp3) is 0.462. The van der Waals surface area contributed by atoms with Gasteiger partial charge >= 0.3 is 5.97 Å². The van der Waals surface area contributed by atoms with E-state index >= 15 is 0 Å². The lowest BCUT2D eigenvalue weighted by atomic mass is 9.98. The number of carbonyl (C=O) groups is 1. The molecular weight excluding hydrogens is 282 g/mol. The average molecular weight is 298 g/mol. The van der Waals surface area contributed by atoms with Crippen molar-refractivity contribution >= 4 is 27.6 Å². The molecule has 1 aliphatic carbocycles. The standard InChI is InChI=1S/C13H16BrNO2/c14-9-6-7-11(12(15)8-9)13(16)17-10-4-2-1-3-5-10/h6-8,10H,1-5,15H2. The van der Waals surface area contributed by atoms with Crippen LogP contribution in [0, 0.1) is 0 Å². The molecule has 0 amide bonds. The van der Waals surface area contributed by atoms with E-state index < -0.39 is 0 Å². The van der Waals surface area contributed by atoms with Crippen LogP contribution in [0.3, 0.4) is 0 Å². The fourth-order valence-electron chi connectivity index (χ4n) is 2.12. The first kappa shape index (κ1) is 12.4. The number of rotatable bonds is 2. The molecule has 0 saturated heterocycles. The quantitative estimate of drug-likeness (QED) is 0.671. The Labute approximate surface area is 109 Å². The highest BCUT2D eigenvalue weighted by molar-refractivity contribution is 9.10. The summed E-state index contributed by atoms with van der Waals surface area (Å²) in [6.45, 7) is 0. The molecule has 92 valence electrons. The second-order valence-electron chi connectivity index (χ2n) is 4.40. The first-order valence-corrected chi connectivity index (χ1v) is 6.72. The molecule has 1 fully saturated rings. The monoisotopic (exact) mass is 297 g/mol. The van der Waals surface area contributed by atoms with Crippen molar-refractivity contribution in [2.24, 2.45) is 0 Å². The molecular formula is C13H16BrNO2. The van der Waals surface area contributed by atoms with Gasteiger partial charge in [0.2, 0.25) is 0 Å². The van der Waals surface area contributed by atoms with Crippen molar-refractivity contribution < 1.29 is 9.53 Å². The van der Waals surface area contributed by atoms with Crippen molar-refractivity contribution in [2.45, 2.75) is 38.2 Å². The summed E-state index contributed by atoms with van der Waals surface area (Å²) in [7, 11) is 0. The van der Waals surface area contributed by atoms with Crippen LogP contribution in [-0.4, -0.2) is 12.1 Å². The Balaban J connectivity index is 2.03. The molecule has 17 heavy (non-hydrogen) atoms. The smallest absolute Gasteiger partial charge is 0.340 e. The molecule has 0 radical (unpaired) electrons. The lowest BCUT2D eigenvalue weighted by Gasteiger charge is -2.22. The maximum absolute atomic E-state index is 11.9. The van der Waals surface area contributed by atoms with Crippen molar-refractivity contribution in [3.8, 4) is 0 Å². The van der Waals surface area contributed by atoms with E-state index in [1.807, 2.05) is 0 Å². The zero-order chi connectivity index (χ0) is 12.3. The van der Waals surface area contributed by atoms with Gasteiger partial charge in [0.15, 0.2) is 0 Å². The van der Waals surface area contributed by atoms with Gasteiger partial charge in [-0.15, -0.1) is 0 Å². The summed E-state index contributed by atoms with van der Waals surface area (Å²) in [6, 6.07) is 5.22. The summed E-state index contributed by atoms with van der Waals surface area (Å²) in [5, 5.41) is 0. The molecule has 1 aliphatic rings. The summed E-state index contributed by atoms with van der Waals surface area (Å²) in [6.07, 6.45) is 5.56. The molecule has 2 rings (SSSR count). The molecule has 0 spiro atoms. The largest absolute Gasteiger partial charge is 0.459 e. The third-order valence-corrected chi connectivity index (χ3v) is 3.55. The van der Waals surface area contributed by atoms with Crippen molar-refractivity contribution in [1.29, 1.82) is 0 Å². The lowest BCUT2D eigenvalue weighted by Crippen LogP contribution is -2.21. The molecule has 1 aromatic rings. The van der Waals surface area contributed by atoms with E-state index in [1.165, 1.54) is 6.42 Å². The minimum absolute atomic E-state index is 0.0688. The van der Waals surface area contributed by atoms with Gasteiger partial charge in [-0.3, -0.25) is 0 Å². The van der Waals surface area contributed by atoms with E-state index in [9.17, 15) is 4.79 Å². The van der Waals surface area contributed by atoms with E-state index in [0.717, 1.165) is 30.2 Å². The molecule has 1 saturated carbocycles. The molecule has 0 unspecified atom stereocenters. The number of hydrogen-bond donors (Lipinski definition) is 1. The summed E-state index contributed by atoms with van der Waals surface area (Å²) in [5.41, 5.74) is 6.71. The Kier molecular flexibility index (Phi) is 4.05. The minimum atomic E-state index is -0.304. The number of ether oxygens (including phenoxy) is 1. The molecule has 2 N–H and O–H groups in total. The lowest BCUT2D eigenvalue weighted by molar-refractivity contribution is 0.0212. The number of benzene rings is 1. The van der Waals surface area contributed by atoms with Crippen LogP contribution in [0.25, 0.3) is 0 Å². The Bertz CT molecular complexity index is 414. The average Bonchev–Trinajstić information content (AvgIpc) is 2.30. The number of nitrogen functional groups attached to an aromatic ring is 1. The van der Waals surface area contributed by atoms with Crippen LogP contribution >= 0.6 is 15.9 Å². The molecule has 1 aromatic carbocycles. The predicted octanol–water partition coefficient (Wildman–Crippen LogP) is 3.52. The molecule has 0 heterocycles. The van der Waals surface area contributed by atoms with Crippen LogP contribution in [0.1, 0.15) is 42.5 Å². The SMILES string of the molecule is Nc1cc(Br)ccc1C(=O)OC1CCCCC1. The number of anilines is 1. The predicted molar refractivity (Wildman–Crippen MR) is 70.8 cm³/mol. The van der Waals surface area contributed by atoms with Crippen LogP contribution in [0.4, 0.5) is 5.69 Å². The van der Waals surface area contributed by atoms with E-state index in [1.54, 1.807) is 18.2 Å². The number of nitrogens with two attached hydrogens (primary N) is 1. The highest BCUT2D eigenvalue weighted by Crippen LogP contribution is 2.24. The molecule has 3 nitrogen and oxygen atoms in total. The van der Waals surface area contributed by atoms with Crippen LogP contribution in [0.15, 0.2) is 22.7 Å². The molecule has 0 aliphatic heterocycles. The number of halogens is 1. The highest BCUT2D eigenvalue weighted by Gasteiger charge is 2.19. The van der Waals surface area contributed by atoms with Crippen LogP contribution < -0.4 is 5.73 Å². The van der Waals surface area contributed by atoms with Gasteiger partial charge in [0, 0.05) is 10.2 Å². The maximum Gasteiger partial charge on any atom is 0.340 e. The van der Waals surface area contributed by atoms with Gasteiger partial charge in [-0.05, 0) is 43.9 Å². The Morgan fingerprint density at radius 2 is 2.00 bits per heavy atom. The van der Waals surface area contributed by atoms with Crippen LogP contribution in [0.2, 0.25) is 0 Å². The van der Waals surface area contributed by atoms with Gasteiger partial charge in [-0.2, -0.15) is 0 Å². The summed E-state index contributed by atoms with van der Waals surface area (Å²) in [4.78, 5) is 11.9. The van der Waals surface area contributed by atoms with Gasteiger partial charge < -0.3 is 10.5 Å². The highest BCUT2D eigenvalue weighted by atomic mass is 79.9. The van der Waals surface area contributed by atoms with Crippen LogP contribution in [-0.2, 0) is 4.74 Å². The van der Waals surface area contributed by atoms with Gasteiger partial charge in [0.05, 0.1) is 5.56 Å². The first-order chi connectivity index (χ1) is 8.16. The number of carbonyl (C=O) groups excluding carboxylic acids is 1. The fourth-order valence-corrected chi connectivity index (χ4v) is 2.50. The summed E-state index contributed by atoms with van der Waals surface area (Å²) in [5.74, 6) is -0.304. The van der Waals surface area contributed by atoms with Crippen LogP contribution in [0.5, 0.6) is 0 Å². The van der Waals surface area contributed by atoms with Gasteiger partial charge in [-0.1, -0.05) is 22.4 Å². The molecule has 0 aromatic heterocycles. The number of esters is 1. The summed E-state index contributed by atoms with van der Waals surface area (Å²) >= 11 is 3.31. The summed E-state index contributed by atoms with van der Waals surface area (Å²) < 4.78 is 6.33. The van der Waals surface area contributed by atoms with Gasteiger partial charge in [0.1, 0.15) is 6.10 Å². The topological polar surface area (TPSA) is 52.3 Å². The van der Waals surface area contributed by atoms with Crippen molar-refractivity contribution in [1.82, 2.24) is 0 Å². The Hall–Kier alpha value is -1.03. The van der Waals surface area contributed by atoms with Gasteiger partial charge in [0.25, 0.3) is 0 Å². The third kappa shape index (κ3) is 3.22. The van der Waals surface area contributed by atoms with Crippen molar-refractivity contribution in [2.75, 3.05) is 5.73 Å². The van der Waals surface area contributed by atoms with E-state index in [4.69, 9.17) is 10.5 Å². The zero-order valence-electron chi connectivity index (χ0n) is 9.62. The minimum Gasteiger partial charge on any atom is -0.459 e. The maximum atomic E-state index is 11.9. The van der Waals surface area contributed by atoms with Gasteiger partial charge in [-0.25, -0.2) is 4.79 Å². The molecule has 0 atom stereocenters. The number of hydrogen-bond acceptors (Lipinski definition) is 3. The first-order valence-electron chi connectivity index (χ1n) is 5.93. The molecule has 0 bridgehead atoms. The Morgan fingerprint density at radius 1 is 1.29 bits per heavy atom. The second-order valence-corrected chi connectivity index (χ2v) is 5.31. The van der Waals surface area contributed by atoms with E-state index in [2.05, 4.69) is 15.9 Å². The van der Waals surface area contributed by atoms with Crippen molar-refractivity contribution in [3.05, 3.63) is 28.2 Å². The second kappa shape index (κ2) is 5.54. The third-order valence-electron chi connectivity index (χ3n) is 3.06. The van der Waals surface area contributed by atoms with E-state index in [-0.39, 0.29) is 12.1 Å². The molecule has 4 heteroatoms. The van der Waals surface area contributed by atoms with Crippen molar-refractivity contribution in [3.63, 3.8) is 0 Å². The Morgan fingerprint density at radius 3 is 2.65 bits per heavy atom. The zero-order valence-corrected chi connectivity index (χ0v) is 11.2. The van der Waals surface area contributed by atoms with E-state index in [0.29, 0.717) is 11.3 Å². The normalized spacial score (nSPS) is 16.8.